The molecule has 1 aromatic carbocycles. The van der Waals surface area contributed by atoms with Gasteiger partial charge in [-0.2, -0.15) is 10.4 Å². The highest BCUT2D eigenvalue weighted by molar-refractivity contribution is 5.51. The summed E-state index contributed by atoms with van der Waals surface area (Å²) in [5.41, 5.74) is 3.86. The first-order chi connectivity index (χ1) is 8.19. The molecule has 2 aromatic rings. The molecule has 0 amide bonds. The molecule has 17 heavy (non-hydrogen) atoms. The van der Waals surface area contributed by atoms with Gasteiger partial charge in [0, 0.05) is 31.0 Å². The van der Waals surface area contributed by atoms with E-state index in [-0.39, 0.29) is 0 Å². The maximum Gasteiger partial charge on any atom is 0.0994 e. The molecule has 1 N–H and O–H groups in total. The lowest BCUT2D eigenvalue weighted by atomic mass is 10.1. The third-order valence-corrected chi connectivity index (χ3v) is 2.60. The Morgan fingerprint density at radius 3 is 2.88 bits per heavy atom. The predicted octanol–water partition coefficient (Wildman–Crippen LogP) is 2.21. The van der Waals surface area contributed by atoms with Crippen LogP contribution in [-0.2, 0) is 13.6 Å². The van der Waals surface area contributed by atoms with Crippen LogP contribution < -0.4 is 5.32 Å². The molecule has 0 bridgehead atoms. The van der Waals surface area contributed by atoms with Gasteiger partial charge in [-0.05, 0) is 30.7 Å². The Labute approximate surface area is 100 Å². The summed E-state index contributed by atoms with van der Waals surface area (Å²) in [6.07, 6.45) is 3.81. The highest BCUT2D eigenvalue weighted by atomic mass is 15.2. The fourth-order valence-corrected chi connectivity index (χ4v) is 1.67. The molecule has 0 saturated carbocycles. The Hall–Kier alpha value is -2.28. The monoisotopic (exact) mass is 226 g/mol. The van der Waals surface area contributed by atoms with E-state index in [0.717, 1.165) is 28.9 Å². The molecule has 0 unspecified atom stereocenters. The van der Waals surface area contributed by atoms with E-state index in [1.54, 1.807) is 4.68 Å². The van der Waals surface area contributed by atoms with Crippen molar-refractivity contribution in [2.45, 2.75) is 13.5 Å². The number of nitriles is 1. The smallest absolute Gasteiger partial charge is 0.0994 e. The number of rotatable bonds is 3. The fourth-order valence-electron chi connectivity index (χ4n) is 1.67. The summed E-state index contributed by atoms with van der Waals surface area (Å²) in [5, 5.41) is 16.2. The predicted molar refractivity (Wildman–Crippen MR) is 66.4 cm³/mol. The van der Waals surface area contributed by atoms with Crippen LogP contribution in [0.3, 0.4) is 0 Å². The number of nitrogens with zero attached hydrogens (tertiary/aromatic N) is 3. The highest BCUT2D eigenvalue weighted by Gasteiger charge is 2.00. The van der Waals surface area contributed by atoms with Crippen molar-refractivity contribution < 1.29 is 0 Å². The van der Waals surface area contributed by atoms with Crippen molar-refractivity contribution in [2.24, 2.45) is 7.05 Å². The van der Waals surface area contributed by atoms with E-state index in [0.29, 0.717) is 0 Å². The summed E-state index contributed by atoms with van der Waals surface area (Å²) < 4.78 is 1.78. The first kappa shape index (κ1) is 11.2. The Balaban J connectivity index is 2.05. The van der Waals surface area contributed by atoms with Crippen LogP contribution in [0.1, 0.15) is 16.7 Å². The van der Waals surface area contributed by atoms with Gasteiger partial charge < -0.3 is 5.32 Å². The molecule has 0 aliphatic carbocycles. The van der Waals surface area contributed by atoms with E-state index in [1.807, 2.05) is 44.6 Å². The van der Waals surface area contributed by atoms with Crippen molar-refractivity contribution in [1.29, 1.82) is 5.26 Å². The number of aryl methyl sites for hydroxylation is 2. The molecule has 1 aromatic heterocycles. The fraction of sp³-hybridized carbons (Fsp3) is 0.231. The summed E-state index contributed by atoms with van der Waals surface area (Å²) in [5.74, 6) is 0. The van der Waals surface area contributed by atoms with Crippen LogP contribution >= 0.6 is 0 Å². The minimum absolute atomic E-state index is 0.719. The zero-order valence-corrected chi connectivity index (χ0v) is 9.94. The maximum atomic E-state index is 8.84. The molecule has 0 spiro atoms. The first-order valence-corrected chi connectivity index (χ1v) is 5.41. The molecule has 86 valence electrons. The van der Waals surface area contributed by atoms with Gasteiger partial charge in [0.2, 0.25) is 0 Å². The van der Waals surface area contributed by atoms with Crippen LogP contribution in [0, 0.1) is 18.3 Å². The van der Waals surface area contributed by atoms with E-state index < -0.39 is 0 Å². The molecule has 2 rings (SSSR count). The number of aromatic nitrogens is 2. The van der Waals surface area contributed by atoms with E-state index in [9.17, 15) is 0 Å². The second-order valence-electron chi connectivity index (χ2n) is 4.02. The van der Waals surface area contributed by atoms with Crippen LogP contribution in [-0.4, -0.2) is 9.78 Å². The number of benzene rings is 1. The molecule has 0 aliphatic rings. The van der Waals surface area contributed by atoms with Crippen molar-refractivity contribution in [3.8, 4) is 6.07 Å². The van der Waals surface area contributed by atoms with Gasteiger partial charge in [0.1, 0.15) is 0 Å². The van der Waals surface area contributed by atoms with Gasteiger partial charge in [-0.15, -0.1) is 0 Å². The lowest BCUT2D eigenvalue weighted by Gasteiger charge is -2.06. The van der Waals surface area contributed by atoms with E-state index in [2.05, 4.69) is 16.5 Å². The summed E-state index contributed by atoms with van der Waals surface area (Å²) in [6.45, 7) is 2.67. The molecule has 0 aliphatic heterocycles. The summed E-state index contributed by atoms with van der Waals surface area (Å²) in [7, 11) is 1.90. The second kappa shape index (κ2) is 4.71. The molecule has 0 atom stereocenters. The van der Waals surface area contributed by atoms with E-state index >= 15 is 0 Å². The molecular formula is C13H14N4. The molecule has 0 saturated heterocycles. The zero-order valence-electron chi connectivity index (χ0n) is 9.94. The quantitative estimate of drug-likeness (QED) is 0.873. The SMILES string of the molecule is Cc1cc(NCc2cnn(C)c2)ccc1C#N. The number of anilines is 1. The highest BCUT2D eigenvalue weighted by Crippen LogP contribution is 2.15. The molecule has 4 nitrogen and oxygen atoms in total. The minimum Gasteiger partial charge on any atom is -0.381 e. The van der Waals surface area contributed by atoms with Crippen molar-refractivity contribution >= 4 is 5.69 Å². The second-order valence-corrected chi connectivity index (χ2v) is 4.02. The Morgan fingerprint density at radius 2 is 2.29 bits per heavy atom. The third-order valence-electron chi connectivity index (χ3n) is 2.60. The number of hydrogen-bond donors (Lipinski definition) is 1. The summed E-state index contributed by atoms with van der Waals surface area (Å²) in [6, 6.07) is 7.89. The van der Waals surface area contributed by atoms with Crippen molar-refractivity contribution in [1.82, 2.24) is 9.78 Å². The van der Waals surface area contributed by atoms with Gasteiger partial charge >= 0.3 is 0 Å². The van der Waals surface area contributed by atoms with Gasteiger partial charge in [0.15, 0.2) is 0 Å². The minimum atomic E-state index is 0.719. The van der Waals surface area contributed by atoms with Crippen molar-refractivity contribution in [3.63, 3.8) is 0 Å². The van der Waals surface area contributed by atoms with Gasteiger partial charge in [0.25, 0.3) is 0 Å². The standard InChI is InChI=1S/C13H14N4/c1-10-5-13(4-3-12(10)6-14)15-7-11-8-16-17(2)9-11/h3-5,8-9,15H,7H2,1-2H3. The van der Waals surface area contributed by atoms with E-state index in [1.165, 1.54) is 0 Å². The molecule has 0 radical (unpaired) electrons. The molecule has 1 heterocycles. The Bertz CT molecular complexity index is 563. The summed E-state index contributed by atoms with van der Waals surface area (Å²) in [4.78, 5) is 0. The Kier molecular flexibility index (Phi) is 3.10. The van der Waals surface area contributed by atoms with Crippen LogP contribution in [0.25, 0.3) is 0 Å². The van der Waals surface area contributed by atoms with Crippen LogP contribution in [0.2, 0.25) is 0 Å². The lowest BCUT2D eigenvalue weighted by molar-refractivity contribution is 0.767. The van der Waals surface area contributed by atoms with Gasteiger partial charge in [-0.25, -0.2) is 0 Å². The molecule has 4 heteroatoms. The average Bonchev–Trinajstić information content (AvgIpc) is 2.73. The topological polar surface area (TPSA) is 53.6 Å². The summed E-state index contributed by atoms with van der Waals surface area (Å²) >= 11 is 0. The third kappa shape index (κ3) is 2.64. The van der Waals surface area contributed by atoms with Crippen molar-refractivity contribution in [2.75, 3.05) is 5.32 Å². The number of nitrogens with one attached hydrogen (secondary N) is 1. The van der Waals surface area contributed by atoms with Crippen LogP contribution in [0.15, 0.2) is 30.6 Å². The molecule has 0 fully saturated rings. The normalized spacial score (nSPS) is 9.94. The molecular weight excluding hydrogens is 212 g/mol. The van der Waals surface area contributed by atoms with Crippen LogP contribution in [0.5, 0.6) is 0 Å². The van der Waals surface area contributed by atoms with Gasteiger partial charge in [-0.3, -0.25) is 4.68 Å². The maximum absolute atomic E-state index is 8.84. The largest absolute Gasteiger partial charge is 0.381 e. The lowest BCUT2D eigenvalue weighted by Crippen LogP contribution is -1.99. The van der Waals surface area contributed by atoms with Crippen LogP contribution in [0.4, 0.5) is 5.69 Å². The number of hydrogen-bond acceptors (Lipinski definition) is 3. The van der Waals surface area contributed by atoms with Gasteiger partial charge in [-0.1, -0.05) is 0 Å². The zero-order chi connectivity index (χ0) is 12.3. The van der Waals surface area contributed by atoms with Crippen molar-refractivity contribution in [3.05, 3.63) is 47.3 Å². The van der Waals surface area contributed by atoms with E-state index in [4.69, 9.17) is 5.26 Å². The van der Waals surface area contributed by atoms with Gasteiger partial charge in [0.05, 0.1) is 17.8 Å². The Morgan fingerprint density at radius 1 is 1.47 bits per heavy atom. The first-order valence-electron chi connectivity index (χ1n) is 5.41. The average molecular weight is 226 g/mol.